The molecule has 0 radical (unpaired) electrons. The second kappa shape index (κ2) is 10.0. The minimum Gasteiger partial charge on any atom is -0.504 e. The maximum Gasteiger partial charge on any atom is 0.352 e. The van der Waals surface area contributed by atoms with E-state index in [9.17, 15) is 29.7 Å². The summed E-state index contributed by atoms with van der Waals surface area (Å²) in [5, 5.41) is 37.7. The van der Waals surface area contributed by atoms with Crippen LogP contribution in [0.3, 0.4) is 0 Å². The standard InChI is InChI=1S/C22H21N7O7S3/c1-22(26-9-3-12(30)13(31)4-10(9)27-22)39-6-8-5-37-19-15(18(33)29(19)16(8)20(34)35)25-17(32)14(28-36-2)11-7-38-21(23)24-11/h3-4,7,15,19,30-31H,5-6H2,1-2H3,(H2,23,24)(H,25,32)(H,34,35)/t15-,19+/m1/s1. The highest BCUT2D eigenvalue weighted by Crippen LogP contribution is 2.42. The van der Waals surface area contributed by atoms with Crippen LogP contribution < -0.4 is 21.8 Å². The number of amides is 2. The van der Waals surface area contributed by atoms with Crippen LogP contribution in [0.1, 0.15) is 12.6 Å². The number of nitrogens with zero attached hydrogens (tertiary/aromatic N) is 5. The van der Waals surface area contributed by atoms with Crippen molar-refractivity contribution in [1.29, 1.82) is 0 Å². The second-order valence-electron chi connectivity index (χ2n) is 8.59. The fraction of sp³-hybridized carbons (Fsp3) is 0.318. The van der Waals surface area contributed by atoms with Crippen molar-refractivity contribution in [2.45, 2.75) is 23.3 Å². The lowest BCUT2D eigenvalue weighted by atomic mass is 10.0. The molecule has 0 unspecified atom stereocenters. The van der Waals surface area contributed by atoms with Crippen molar-refractivity contribution in [1.82, 2.24) is 15.2 Å². The Morgan fingerprint density at radius 3 is 2.54 bits per heavy atom. The number of phenols is 2. The summed E-state index contributed by atoms with van der Waals surface area (Å²) in [5.41, 5.74) is 6.02. The smallest absolute Gasteiger partial charge is 0.352 e. The number of nitrogens with two attached hydrogens (primary N) is 1. The Morgan fingerprint density at radius 2 is 1.97 bits per heavy atom. The molecule has 3 aliphatic heterocycles. The van der Waals surface area contributed by atoms with E-state index < -0.39 is 34.2 Å². The molecule has 1 aromatic heterocycles. The van der Waals surface area contributed by atoms with Gasteiger partial charge in [0, 0.05) is 29.0 Å². The molecule has 1 aromatic carbocycles. The van der Waals surface area contributed by atoms with Gasteiger partial charge in [-0.15, -0.1) is 34.9 Å². The summed E-state index contributed by atoms with van der Waals surface area (Å²) in [7, 11) is 1.26. The number of hydrogen-bond acceptors (Lipinski definition) is 14. The second-order valence-corrected chi connectivity index (χ2v) is 11.9. The molecule has 1 fully saturated rings. The largest absolute Gasteiger partial charge is 0.504 e. The lowest BCUT2D eigenvalue weighted by Crippen LogP contribution is -2.71. The topological polar surface area (TPSA) is 212 Å². The van der Waals surface area contributed by atoms with E-state index in [0.29, 0.717) is 22.0 Å². The number of hydrogen-bond donors (Lipinski definition) is 5. The number of carbonyl (C=O) groups is 3. The molecule has 6 N–H and O–H groups in total. The van der Waals surface area contributed by atoms with Gasteiger partial charge in [0.05, 0.1) is 10.7 Å². The van der Waals surface area contributed by atoms with E-state index >= 15 is 0 Å². The Morgan fingerprint density at radius 1 is 1.31 bits per heavy atom. The lowest BCUT2D eigenvalue weighted by Gasteiger charge is -2.49. The molecule has 2 aromatic rings. The van der Waals surface area contributed by atoms with E-state index in [4.69, 9.17) is 10.6 Å². The molecule has 3 aliphatic rings. The van der Waals surface area contributed by atoms with Gasteiger partial charge in [0.25, 0.3) is 11.8 Å². The Bertz CT molecular complexity index is 1550. The molecule has 0 aliphatic carbocycles. The first-order valence-electron chi connectivity index (χ1n) is 11.2. The van der Waals surface area contributed by atoms with Gasteiger partial charge >= 0.3 is 5.97 Å². The van der Waals surface area contributed by atoms with Crippen LogP contribution in [0.5, 0.6) is 11.5 Å². The number of carboxylic acids is 1. The number of carboxylic acid groups (broad SMARTS) is 1. The maximum atomic E-state index is 13.1. The first-order chi connectivity index (χ1) is 18.5. The number of nitrogens with one attached hydrogen (secondary N) is 1. The molecule has 1 saturated heterocycles. The fourth-order valence-corrected chi connectivity index (χ4v) is 7.23. The summed E-state index contributed by atoms with van der Waals surface area (Å²) in [6.45, 7) is 1.72. The summed E-state index contributed by atoms with van der Waals surface area (Å²) in [4.78, 5) is 56.1. The molecule has 204 valence electrons. The predicted molar refractivity (Wildman–Crippen MR) is 143 cm³/mol. The number of phenolic OH excluding ortho intramolecular Hbond substituents is 2. The first kappa shape index (κ1) is 26.8. The molecule has 0 saturated carbocycles. The van der Waals surface area contributed by atoms with Gasteiger partial charge in [-0.2, -0.15) is 0 Å². The monoisotopic (exact) mass is 591 g/mol. The van der Waals surface area contributed by atoms with Crippen LogP contribution in [0.4, 0.5) is 5.13 Å². The van der Waals surface area contributed by atoms with Crippen LogP contribution in [-0.2, 0) is 19.2 Å². The third-order valence-corrected chi connectivity index (χ3v) is 9.18. The van der Waals surface area contributed by atoms with Crippen molar-refractivity contribution >= 4 is 63.5 Å². The summed E-state index contributed by atoms with van der Waals surface area (Å²) < 4.78 is 0. The number of carbonyl (C=O) groups excluding carboxylic acids is 2. The summed E-state index contributed by atoms with van der Waals surface area (Å²) >= 11 is 3.67. The number of nitrogen functional groups attached to an aromatic ring is 1. The molecule has 0 bridgehead atoms. The number of thioether (sulfide) groups is 2. The Balaban J connectivity index is 1.32. The number of aromatic hydroxyl groups is 2. The van der Waals surface area contributed by atoms with E-state index in [2.05, 4.69) is 25.4 Å². The minimum atomic E-state index is -1.27. The van der Waals surface area contributed by atoms with Crippen molar-refractivity contribution in [3.8, 4) is 11.5 Å². The Kier molecular flexibility index (Phi) is 6.90. The number of β-lactam (4-membered cyclic amide) rings is 1. The zero-order chi connectivity index (χ0) is 28.1. The van der Waals surface area contributed by atoms with E-state index in [1.807, 2.05) is 0 Å². The van der Waals surface area contributed by atoms with Crippen LogP contribution in [0, 0.1) is 0 Å². The molecular formula is C22H21N7O7S3. The zero-order valence-electron chi connectivity index (χ0n) is 20.3. The number of rotatable bonds is 8. The zero-order valence-corrected chi connectivity index (χ0v) is 22.8. The summed E-state index contributed by atoms with van der Waals surface area (Å²) in [6.07, 6.45) is 0. The Labute approximate surface area is 232 Å². The minimum absolute atomic E-state index is 0.144. The Hall–Kier alpha value is -3.83. The summed E-state index contributed by atoms with van der Waals surface area (Å²) in [5.74, 6) is -2.69. The molecule has 39 heavy (non-hydrogen) atoms. The van der Waals surface area contributed by atoms with E-state index in [0.717, 1.165) is 11.3 Å². The van der Waals surface area contributed by atoms with E-state index in [1.165, 1.54) is 53.0 Å². The highest BCUT2D eigenvalue weighted by Gasteiger charge is 2.54. The van der Waals surface area contributed by atoms with E-state index in [-0.39, 0.29) is 39.5 Å². The van der Waals surface area contributed by atoms with Crippen molar-refractivity contribution in [3.05, 3.63) is 45.2 Å². The van der Waals surface area contributed by atoms with Crippen molar-refractivity contribution < 1.29 is 34.5 Å². The molecular weight excluding hydrogens is 570 g/mol. The van der Waals surface area contributed by atoms with Crippen LogP contribution >= 0.6 is 34.9 Å². The molecule has 4 heterocycles. The molecule has 2 atom stereocenters. The number of fused-ring (bicyclic) bond motifs is 2. The number of aliphatic carboxylic acids is 1. The van der Waals surface area contributed by atoms with Gasteiger partial charge < -0.3 is 31.2 Å². The number of aromatic nitrogens is 1. The molecule has 0 spiro atoms. The maximum absolute atomic E-state index is 13.1. The quantitative estimate of drug-likeness (QED) is 0.115. The van der Waals surface area contributed by atoms with Crippen LogP contribution in [0.2, 0.25) is 0 Å². The predicted octanol–water partition coefficient (Wildman–Crippen LogP) is -0.414. The van der Waals surface area contributed by atoms with Crippen LogP contribution in [0.25, 0.3) is 0 Å². The number of oxime groups is 1. The SMILES string of the molecule is CON=C(C(=O)N[C@@H]1C(=O)N2C(C(=O)O)=C(CSC3(C)N=c4cc(O)c(O)cc4=N3)CS[C@@H]12)c1csc(N)n1. The van der Waals surface area contributed by atoms with Gasteiger partial charge in [-0.3, -0.25) is 14.5 Å². The lowest BCUT2D eigenvalue weighted by molar-refractivity contribution is -0.150. The van der Waals surface area contributed by atoms with Crippen molar-refractivity contribution in [3.63, 3.8) is 0 Å². The van der Waals surface area contributed by atoms with Gasteiger partial charge in [0.2, 0.25) is 0 Å². The van der Waals surface area contributed by atoms with E-state index in [1.54, 1.807) is 6.92 Å². The number of benzene rings is 1. The number of thiazole rings is 1. The van der Waals surface area contributed by atoms with Gasteiger partial charge in [-0.25, -0.2) is 19.8 Å². The van der Waals surface area contributed by atoms with Gasteiger partial charge in [0.1, 0.15) is 29.9 Å². The molecule has 5 rings (SSSR count). The average molecular weight is 592 g/mol. The molecule has 17 heteroatoms. The van der Waals surface area contributed by atoms with Gasteiger partial charge in [-0.05, 0) is 12.5 Å². The first-order valence-corrected chi connectivity index (χ1v) is 14.1. The third kappa shape index (κ3) is 4.87. The highest BCUT2D eigenvalue weighted by molar-refractivity contribution is 8.01. The molecule has 14 nitrogen and oxygen atoms in total. The van der Waals surface area contributed by atoms with Crippen LogP contribution in [0.15, 0.2) is 43.9 Å². The number of anilines is 1. The third-order valence-electron chi connectivity index (χ3n) is 5.95. The van der Waals surface area contributed by atoms with Crippen molar-refractivity contribution in [2.75, 3.05) is 24.3 Å². The van der Waals surface area contributed by atoms with Gasteiger partial charge in [0.15, 0.2) is 27.3 Å². The van der Waals surface area contributed by atoms with Crippen molar-refractivity contribution in [2.24, 2.45) is 15.1 Å². The van der Waals surface area contributed by atoms with Crippen LogP contribution in [-0.4, -0.2) is 83.7 Å². The molecule has 2 amide bonds. The fourth-order valence-electron chi connectivity index (χ4n) is 4.19. The normalized spacial score (nSPS) is 21.3. The van der Waals surface area contributed by atoms with Gasteiger partial charge in [-0.1, -0.05) is 5.16 Å². The highest BCUT2D eigenvalue weighted by atomic mass is 32.2. The summed E-state index contributed by atoms with van der Waals surface area (Å²) in [6, 6.07) is 1.64. The average Bonchev–Trinajstić information content (AvgIpc) is 3.46.